The van der Waals surface area contributed by atoms with Crippen molar-refractivity contribution in [2.24, 2.45) is 7.05 Å². The number of aromatic nitrogens is 6. The molecule has 0 bridgehead atoms. The molecule has 1 fully saturated rings. The fourth-order valence-corrected chi connectivity index (χ4v) is 4.41. The van der Waals surface area contributed by atoms with Crippen LogP contribution in [0.25, 0.3) is 16.7 Å². The van der Waals surface area contributed by atoms with Crippen LogP contribution in [0.4, 0.5) is 5.82 Å². The molecule has 0 saturated carbocycles. The summed E-state index contributed by atoms with van der Waals surface area (Å²) in [6.45, 7) is 5.22. The Bertz CT molecular complexity index is 1140. The molecule has 1 aliphatic rings. The van der Waals surface area contributed by atoms with Gasteiger partial charge >= 0.3 is 0 Å². The SMILES string of the molecule is Cc1nn(C)c(C)c1C1CCCN1c1ncnc2c1cnn2-c1ccccc1. The normalized spacial score (nSPS) is 17.0. The summed E-state index contributed by atoms with van der Waals surface area (Å²) in [5.41, 5.74) is 5.48. The zero-order valence-electron chi connectivity index (χ0n) is 16.4. The molecule has 1 saturated heterocycles. The summed E-state index contributed by atoms with van der Waals surface area (Å²) in [6, 6.07) is 10.4. The van der Waals surface area contributed by atoms with Crippen LogP contribution in [0, 0.1) is 13.8 Å². The van der Waals surface area contributed by atoms with Crippen molar-refractivity contribution in [2.45, 2.75) is 32.7 Å². The summed E-state index contributed by atoms with van der Waals surface area (Å²) < 4.78 is 3.86. The Labute approximate surface area is 163 Å². The van der Waals surface area contributed by atoms with E-state index in [2.05, 4.69) is 38.9 Å². The molecule has 0 aliphatic carbocycles. The Morgan fingerprint density at radius 3 is 2.64 bits per heavy atom. The van der Waals surface area contributed by atoms with E-state index in [0.29, 0.717) is 0 Å². The maximum absolute atomic E-state index is 4.67. The number of benzene rings is 1. The van der Waals surface area contributed by atoms with Crippen LogP contribution in [0.15, 0.2) is 42.9 Å². The van der Waals surface area contributed by atoms with E-state index in [4.69, 9.17) is 0 Å². The van der Waals surface area contributed by atoms with Crippen LogP contribution in [0.2, 0.25) is 0 Å². The highest BCUT2D eigenvalue weighted by Gasteiger charge is 2.32. The Morgan fingerprint density at radius 1 is 1.07 bits per heavy atom. The van der Waals surface area contributed by atoms with Gasteiger partial charge < -0.3 is 4.90 Å². The second-order valence-electron chi connectivity index (χ2n) is 7.39. The standard InChI is InChI=1S/C21H23N7/c1-14-19(15(2)26(3)25-14)18-10-7-11-27(18)20-17-12-24-28(21(17)23-13-22-20)16-8-5-4-6-9-16/h4-6,8-9,12-13,18H,7,10-11H2,1-3H3. The molecule has 0 spiro atoms. The fraction of sp³-hybridized carbons (Fsp3) is 0.333. The molecule has 1 unspecified atom stereocenters. The molecule has 1 aliphatic heterocycles. The number of fused-ring (bicyclic) bond motifs is 1. The lowest BCUT2D eigenvalue weighted by molar-refractivity contribution is 0.694. The van der Waals surface area contributed by atoms with Crippen molar-refractivity contribution in [3.63, 3.8) is 0 Å². The largest absolute Gasteiger partial charge is 0.349 e. The van der Waals surface area contributed by atoms with Gasteiger partial charge in [0, 0.05) is 24.8 Å². The summed E-state index contributed by atoms with van der Waals surface area (Å²) in [6.07, 6.45) is 5.77. The van der Waals surface area contributed by atoms with Crippen molar-refractivity contribution in [1.29, 1.82) is 0 Å². The zero-order chi connectivity index (χ0) is 19.3. The third kappa shape index (κ3) is 2.50. The van der Waals surface area contributed by atoms with Gasteiger partial charge in [-0.2, -0.15) is 10.2 Å². The topological polar surface area (TPSA) is 64.7 Å². The Balaban J connectivity index is 1.62. The Kier molecular flexibility index (Phi) is 3.89. The van der Waals surface area contributed by atoms with Crippen molar-refractivity contribution in [1.82, 2.24) is 29.5 Å². The van der Waals surface area contributed by atoms with Gasteiger partial charge in [-0.05, 0) is 38.8 Å². The van der Waals surface area contributed by atoms with Crippen LogP contribution in [0.1, 0.15) is 35.8 Å². The summed E-state index contributed by atoms with van der Waals surface area (Å²) in [4.78, 5) is 11.6. The fourth-order valence-electron chi connectivity index (χ4n) is 4.41. The highest BCUT2D eigenvalue weighted by molar-refractivity contribution is 5.88. The molecule has 28 heavy (non-hydrogen) atoms. The first kappa shape index (κ1) is 16.9. The second kappa shape index (κ2) is 6.44. The van der Waals surface area contributed by atoms with Crippen LogP contribution >= 0.6 is 0 Å². The number of nitrogens with zero attached hydrogens (tertiary/aromatic N) is 7. The zero-order valence-corrected chi connectivity index (χ0v) is 16.4. The monoisotopic (exact) mass is 373 g/mol. The van der Waals surface area contributed by atoms with Crippen molar-refractivity contribution >= 4 is 16.9 Å². The molecule has 4 aromatic rings. The van der Waals surface area contributed by atoms with E-state index in [1.165, 1.54) is 11.3 Å². The minimum absolute atomic E-state index is 0.284. The first-order valence-corrected chi connectivity index (χ1v) is 9.66. The third-order valence-corrected chi connectivity index (χ3v) is 5.77. The maximum Gasteiger partial charge on any atom is 0.168 e. The predicted molar refractivity (Wildman–Crippen MR) is 109 cm³/mol. The first-order chi connectivity index (χ1) is 13.6. The molecule has 5 rings (SSSR count). The predicted octanol–water partition coefficient (Wildman–Crippen LogP) is 3.51. The van der Waals surface area contributed by atoms with E-state index in [9.17, 15) is 0 Å². The van der Waals surface area contributed by atoms with Gasteiger partial charge in [0.2, 0.25) is 0 Å². The van der Waals surface area contributed by atoms with E-state index in [1.807, 2.05) is 52.9 Å². The van der Waals surface area contributed by atoms with Gasteiger partial charge in [0.1, 0.15) is 12.1 Å². The summed E-state index contributed by atoms with van der Waals surface area (Å²) in [5.74, 6) is 0.956. The van der Waals surface area contributed by atoms with Gasteiger partial charge in [-0.1, -0.05) is 18.2 Å². The molecule has 4 heterocycles. The van der Waals surface area contributed by atoms with Crippen LogP contribution in [0.5, 0.6) is 0 Å². The quantitative estimate of drug-likeness (QED) is 0.550. The number of hydrogen-bond donors (Lipinski definition) is 0. The number of anilines is 1. The summed E-state index contributed by atoms with van der Waals surface area (Å²) in [7, 11) is 2.01. The number of aryl methyl sites for hydroxylation is 2. The molecular formula is C21H23N7. The minimum atomic E-state index is 0.284. The van der Waals surface area contributed by atoms with E-state index in [1.54, 1.807) is 6.33 Å². The maximum atomic E-state index is 4.67. The van der Waals surface area contributed by atoms with Crippen LogP contribution in [-0.4, -0.2) is 36.1 Å². The molecule has 1 aromatic carbocycles. The second-order valence-corrected chi connectivity index (χ2v) is 7.39. The molecule has 7 heteroatoms. The van der Waals surface area contributed by atoms with Crippen molar-refractivity contribution < 1.29 is 0 Å². The molecule has 0 N–H and O–H groups in total. The van der Waals surface area contributed by atoms with E-state index in [-0.39, 0.29) is 6.04 Å². The summed E-state index contributed by atoms with van der Waals surface area (Å²) >= 11 is 0. The van der Waals surface area contributed by atoms with Gasteiger partial charge in [-0.25, -0.2) is 14.6 Å². The molecule has 142 valence electrons. The lowest BCUT2D eigenvalue weighted by Crippen LogP contribution is -2.24. The van der Waals surface area contributed by atoms with E-state index >= 15 is 0 Å². The smallest absolute Gasteiger partial charge is 0.168 e. The van der Waals surface area contributed by atoms with Crippen LogP contribution < -0.4 is 4.90 Å². The van der Waals surface area contributed by atoms with Crippen molar-refractivity contribution in [2.75, 3.05) is 11.4 Å². The number of para-hydroxylation sites is 1. The molecule has 0 amide bonds. The number of rotatable bonds is 3. The van der Waals surface area contributed by atoms with Gasteiger partial charge in [0.15, 0.2) is 5.65 Å². The van der Waals surface area contributed by atoms with Crippen molar-refractivity contribution in [3.05, 3.63) is 59.8 Å². The first-order valence-electron chi connectivity index (χ1n) is 9.66. The van der Waals surface area contributed by atoms with Gasteiger partial charge in [0.05, 0.1) is 29.0 Å². The van der Waals surface area contributed by atoms with Crippen molar-refractivity contribution in [3.8, 4) is 5.69 Å². The lowest BCUT2D eigenvalue weighted by Gasteiger charge is -2.26. The molecule has 1 atom stereocenters. The van der Waals surface area contributed by atoms with Gasteiger partial charge in [-0.15, -0.1) is 0 Å². The average Bonchev–Trinajstić information content (AvgIpc) is 3.40. The third-order valence-electron chi connectivity index (χ3n) is 5.77. The lowest BCUT2D eigenvalue weighted by atomic mass is 10.0. The highest BCUT2D eigenvalue weighted by atomic mass is 15.3. The Morgan fingerprint density at radius 2 is 1.89 bits per heavy atom. The highest BCUT2D eigenvalue weighted by Crippen LogP contribution is 2.40. The van der Waals surface area contributed by atoms with Gasteiger partial charge in [0.25, 0.3) is 0 Å². The summed E-state index contributed by atoms with van der Waals surface area (Å²) in [5, 5.41) is 10.2. The van der Waals surface area contributed by atoms with E-state index in [0.717, 1.165) is 47.6 Å². The molecule has 7 nitrogen and oxygen atoms in total. The number of hydrogen-bond acceptors (Lipinski definition) is 5. The minimum Gasteiger partial charge on any atom is -0.349 e. The molecule has 0 radical (unpaired) electrons. The molecular weight excluding hydrogens is 350 g/mol. The molecule has 3 aromatic heterocycles. The average molecular weight is 373 g/mol. The van der Waals surface area contributed by atoms with Gasteiger partial charge in [-0.3, -0.25) is 4.68 Å². The van der Waals surface area contributed by atoms with Crippen LogP contribution in [-0.2, 0) is 7.05 Å². The van der Waals surface area contributed by atoms with E-state index < -0.39 is 0 Å². The van der Waals surface area contributed by atoms with Crippen LogP contribution in [0.3, 0.4) is 0 Å². The Hall–Kier alpha value is -3.22.